The molecule has 1 saturated carbocycles. The number of benzene rings is 1. The first kappa shape index (κ1) is 12.7. The molecule has 0 bridgehead atoms. The van der Waals surface area contributed by atoms with Gasteiger partial charge in [0.1, 0.15) is 5.82 Å². The van der Waals surface area contributed by atoms with Crippen LogP contribution in [0.4, 0.5) is 10.1 Å². The molecule has 94 valence electrons. The maximum Gasteiger partial charge on any atom is 0.125 e. The molecule has 0 radical (unpaired) electrons. The second kappa shape index (κ2) is 5.26. The Balaban J connectivity index is 2.07. The van der Waals surface area contributed by atoms with E-state index >= 15 is 0 Å². The van der Waals surface area contributed by atoms with E-state index in [2.05, 4.69) is 19.2 Å². The van der Waals surface area contributed by atoms with Crippen molar-refractivity contribution in [2.45, 2.75) is 39.2 Å². The first-order chi connectivity index (χ1) is 8.06. The van der Waals surface area contributed by atoms with E-state index < -0.39 is 0 Å². The number of nitrogens with one attached hydrogen (secondary N) is 1. The summed E-state index contributed by atoms with van der Waals surface area (Å²) in [5, 5.41) is 3.98. The summed E-state index contributed by atoms with van der Waals surface area (Å²) in [6, 6.07) is 4.88. The van der Waals surface area contributed by atoms with Gasteiger partial charge in [-0.25, -0.2) is 4.39 Å². The Hall–Kier alpha value is -0.760. The predicted molar refractivity (Wildman–Crippen MR) is 71.0 cm³/mol. The van der Waals surface area contributed by atoms with Crippen LogP contribution < -0.4 is 5.32 Å². The quantitative estimate of drug-likeness (QED) is 0.807. The topological polar surface area (TPSA) is 12.0 Å². The third-order valence-electron chi connectivity index (χ3n) is 3.70. The fourth-order valence-electron chi connectivity index (χ4n) is 2.69. The Bertz CT molecular complexity index is 394. The van der Waals surface area contributed by atoms with Crippen LogP contribution >= 0.6 is 11.6 Å². The lowest BCUT2D eigenvalue weighted by atomic mass is 9.80. The molecule has 0 saturated heterocycles. The minimum Gasteiger partial charge on any atom is -0.381 e. The lowest BCUT2D eigenvalue weighted by Crippen LogP contribution is -2.33. The zero-order valence-corrected chi connectivity index (χ0v) is 11.1. The van der Waals surface area contributed by atoms with Crippen molar-refractivity contribution in [2.75, 3.05) is 5.32 Å². The second-order valence-electron chi connectivity index (χ2n) is 5.27. The van der Waals surface area contributed by atoms with Crippen molar-refractivity contribution in [1.29, 1.82) is 0 Å². The van der Waals surface area contributed by atoms with Crippen LogP contribution in [-0.2, 0) is 0 Å². The van der Waals surface area contributed by atoms with Crippen LogP contribution in [0.2, 0.25) is 5.02 Å². The normalized spacial score (nSPS) is 29.1. The fourth-order valence-corrected chi connectivity index (χ4v) is 2.86. The van der Waals surface area contributed by atoms with Crippen LogP contribution in [0, 0.1) is 17.7 Å². The summed E-state index contributed by atoms with van der Waals surface area (Å²) in [6.45, 7) is 4.54. The molecule has 1 N–H and O–H groups in total. The van der Waals surface area contributed by atoms with Gasteiger partial charge in [0.25, 0.3) is 0 Å². The summed E-state index contributed by atoms with van der Waals surface area (Å²) in [5.41, 5.74) is 0.720. The molecule has 17 heavy (non-hydrogen) atoms. The summed E-state index contributed by atoms with van der Waals surface area (Å²) in [6.07, 6.45) is 3.59. The molecule has 2 rings (SSSR count). The monoisotopic (exact) mass is 255 g/mol. The van der Waals surface area contributed by atoms with Gasteiger partial charge in [-0.3, -0.25) is 0 Å². The van der Waals surface area contributed by atoms with Gasteiger partial charge < -0.3 is 5.32 Å². The van der Waals surface area contributed by atoms with E-state index in [4.69, 9.17) is 11.6 Å². The first-order valence-corrected chi connectivity index (χ1v) is 6.65. The van der Waals surface area contributed by atoms with Crippen LogP contribution in [0.5, 0.6) is 0 Å². The number of rotatable bonds is 2. The average Bonchev–Trinajstić information content (AvgIpc) is 2.27. The maximum atomic E-state index is 13.2. The Morgan fingerprint density at radius 1 is 1.29 bits per heavy atom. The van der Waals surface area contributed by atoms with Gasteiger partial charge in [0.05, 0.1) is 10.7 Å². The summed E-state index contributed by atoms with van der Waals surface area (Å²) in [5.74, 6) is 1.16. The first-order valence-electron chi connectivity index (χ1n) is 6.28. The van der Waals surface area contributed by atoms with Crippen molar-refractivity contribution in [1.82, 2.24) is 0 Å². The predicted octanol–water partition coefficient (Wildman–Crippen LogP) is 4.72. The van der Waals surface area contributed by atoms with Crippen LogP contribution in [0.15, 0.2) is 18.2 Å². The van der Waals surface area contributed by atoms with Crippen molar-refractivity contribution in [3.63, 3.8) is 0 Å². The van der Waals surface area contributed by atoms with Gasteiger partial charge in [-0.1, -0.05) is 25.4 Å². The molecule has 3 unspecified atom stereocenters. The van der Waals surface area contributed by atoms with Crippen LogP contribution in [0.3, 0.4) is 0 Å². The highest BCUT2D eigenvalue weighted by Crippen LogP contribution is 2.32. The van der Waals surface area contributed by atoms with E-state index in [-0.39, 0.29) is 5.82 Å². The third-order valence-corrected chi connectivity index (χ3v) is 4.03. The molecule has 0 spiro atoms. The summed E-state index contributed by atoms with van der Waals surface area (Å²) >= 11 is 6.06. The summed E-state index contributed by atoms with van der Waals surface area (Å²) in [7, 11) is 0. The van der Waals surface area contributed by atoms with Crippen molar-refractivity contribution in [3.8, 4) is 0 Å². The molecule has 3 atom stereocenters. The van der Waals surface area contributed by atoms with E-state index in [0.29, 0.717) is 17.0 Å². The lowest BCUT2D eigenvalue weighted by molar-refractivity contribution is 0.276. The molecule has 1 aliphatic rings. The molecule has 1 aromatic rings. The van der Waals surface area contributed by atoms with Crippen LogP contribution in [0.1, 0.15) is 33.1 Å². The Morgan fingerprint density at radius 3 is 2.76 bits per heavy atom. The Morgan fingerprint density at radius 2 is 2.06 bits per heavy atom. The molecule has 0 aromatic heterocycles. The lowest BCUT2D eigenvalue weighted by Gasteiger charge is -2.34. The molecule has 1 aliphatic carbocycles. The number of halogens is 2. The van der Waals surface area contributed by atoms with Gasteiger partial charge in [-0.2, -0.15) is 0 Å². The molecule has 1 nitrogen and oxygen atoms in total. The van der Waals surface area contributed by atoms with E-state index in [0.717, 1.165) is 18.0 Å². The van der Waals surface area contributed by atoms with E-state index in [1.807, 2.05) is 0 Å². The molecule has 0 heterocycles. The number of hydrogen-bond acceptors (Lipinski definition) is 1. The van der Waals surface area contributed by atoms with Gasteiger partial charge in [-0.05, 0) is 49.3 Å². The van der Waals surface area contributed by atoms with Crippen molar-refractivity contribution < 1.29 is 4.39 Å². The molecule has 3 heteroatoms. The van der Waals surface area contributed by atoms with Gasteiger partial charge in [-0.15, -0.1) is 0 Å². The third kappa shape index (κ3) is 3.12. The minimum absolute atomic E-state index is 0.242. The van der Waals surface area contributed by atoms with Gasteiger partial charge >= 0.3 is 0 Å². The highest BCUT2D eigenvalue weighted by Gasteiger charge is 2.25. The van der Waals surface area contributed by atoms with Gasteiger partial charge in [0.15, 0.2) is 0 Å². The zero-order chi connectivity index (χ0) is 12.4. The van der Waals surface area contributed by atoms with E-state index in [1.165, 1.54) is 25.0 Å². The minimum atomic E-state index is -0.242. The highest BCUT2D eigenvalue weighted by molar-refractivity contribution is 6.33. The highest BCUT2D eigenvalue weighted by atomic mass is 35.5. The summed E-state index contributed by atoms with van der Waals surface area (Å²) < 4.78 is 13.2. The van der Waals surface area contributed by atoms with Crippen molar-refractivity contribution >= 4 is 17.3 Å². The largest absolute Gasteiger partial charge is 0.381 e. The molecule has 1 fully saturated rings. The molecular formula is C14H19ClFN. The molecular weight excluding hydrogens is 237 g/mol. The molecule has 0 aliphatic heterocycles. The maximum absolute atomic E-state index is 13.2. The standard InChI is InChI=1S/C14H19ClFN/c1-9-3-6-13(10(2)7-9)17-14-8-11(16)4-5-12(14)15/h4-5,8-10,13,17H,3,6-7H2,1-2H3. The Labute approximate surface area is 107 Å². The van der Waals surface area contributed by atoms with E-state index in [9.17, 15) is 4.39 Å². The fraction of sp³-hybridized carbons (Fsp3) is 0.571. The van der Waals surface area contributed by atoms with Crippen LogP contribution in [-0.4, -0.2) is 6.04 Å². The van der Waals surface area contributed by atoms with Crippen molar-refractivity contribution in [3.05, 3.63) is 29.0 Å². The number of anilines is 1. The van der Waals surface area contributed by atoms with Gasteiger partial charge in [0, 0.05) is 6.04 Å². The zero-order valence-electron chi connectivity index (χ0n) is 10.3. The molecule has 1 aromatic carbocycles. The smallest absolute Gasteiger partial charge is 0.125 e. The molecule has 0 amide bonds. The summed E-state index contributed by atoms with van der Waals surface area (Å²) in [4.78, 5) is 0. The average molecular weight is 256 g/mol. The van der Waals surface area contributed by atoms with Crippen molar-refractivity contribution in [2.24, 2.45) is 11.8 Å². The second-order valence-corrected chi connectivity index (χ2v) is 5.68. The van der Waals surface area contributed by atoms with E-state index in [1.54, 1.807) is 6.07 Å². The number of hydrogen-bond donors (Lipinski definition) is 1. The van der Waals surface area contributed by atoms with Gasteiger partial charge in [0.2, 0.25) is 0 Å². The Kier molecular flexibility index (Phi) is 3.93. The van der Waals surface area contributed by atoms with Crippen LogP contribution in [0.25, 0.3) is 0 Å². The SMILES string of the molecule is CC1CCC(Nc2cc(F)ccc2Cl)C(C)C1.